The number of rotatable bonds is 6. The molecule has 0 amide bonds. The van der Waals surface area contributed by atoms with Gasteiger partial charge in [-0.3, -0.25) is 0 Å². The van der Waals surface area contributed by atoms with Gasteiger partial charge in [0.15, 0.2) is 0 Å². The second kappa shape index (κ2) is 17.1. The largest absolute Gasteiger partial charge is 2.00 e. The molecule has 2 nitrogen and oxygen atoms in total. The van der Waals surface area contributed by atoms with Crippen LogP contribution in [0.1, 0.15) is 53.4 Å². The van der Waals surface area contributed by atoms with Crippen molar-refractivity contribution in [2.45, 2.75) is 53.4 Å². The van der Waals surface area contributed by atoms with E-state index in [0.29, 0.717) is 11.8 Å². The van der Waals surface area contributed by atoms with E-state index in [4.69, 9.17) is 0 Å². The van der Waals surface area contributed by atoms with Crippen LogP contribution < -0.4 is 10.2 Å². The third-order valence-corrected chi connectivity index (χ3v) is 2.13. The molecule has 15 heavy (non-hydrogen) atoms. The van der Waals surface area contributed by atoms with Crippen LogP contribution in [0.5, 0.6) is 0 Å². The molecule has 2 atom stereocenters. The summed E-state index contributed by atoms with van der Waals surface area (Å²) in [6, 6.07) is 0. The van der Waals surface area contributed by atoms with Crippen molar-refractivity contribution in [1.29, 1.82) is 0 Å². The van der Waals surface area contributed by atoms with Crippen LogP contribution in [0.3, 0.4) is 0 Å². The van der Waals surface area contributed by atoms with Crippen molar-refractivity contribution < 1.29 is 10.2 Å². The quantitative estimate of drug-likeness (QED) is 0.639. The molecule has 88 valence electrons. The standard InChI is InChI=1S/2C6H13O.Mg/c2*1-3-4-6(2)5-7;/h2*6H,3-5H2,1-2H3;/q2*-1;+2. The van der Waals surface area contributed by atoms with Gasteiger partial charge in [0, 0.05) is 0 Å². The van der Waals surface area contributed by atoms with Gasteiger partial charge in [0.25, 0.3) is 0 Å². The first-order valence-electron chi connectivity index (χ1n) is 5.78. The van der Waals surface area contributed by atoms with E-state index >= 15 is 0 Å². The predicted molar refractivity (Wildman–Crippen MR) is 63.6 cm³/mol. The molecule has 0 saturated carbocycles. The van der Waals surface area contributed by atoms with Gasteiger partial charge in [-0.2, -0.15) is 0 Å². The average molecular weight is 227 g/mol. The first kappa shape index (κ1) is 21.0. The summed E-state index contributed by atoms with van der Waals surface area (Å²) in [5, 5.41) is 20.0. The van der Waals surface area contributed by atoms with Crippen molar-refractivity contribution in [1.82, 2.24) is 0 Å². The Labute approximate surface area is 112 Å². The van der Waals surface area contributed by atoms with Gasteiger partial charge >= 0.3 is 23.1 Å². The van der Waals surface area contributed by atoms with E-state index in [1.165, 1.54) is 0 Å². The Balaban J connectivity index is -0.000000180. The van der Waals surface area contributed by atoms with Crippen molar-refractivity contribution in [2.24, 2.45) is 11.8 Å². The summed E-state index contributed by atoms with van der Waals surface area (Å²) in [5.41, 5.74) is 0. The van der Waals surface area contributed by atoms with Gasteiger partial charge in [0.2, 0.25) is 0 Å². The predicted octanol–water partition coefficient (Wildman–Crippen LogP) is 1.19. The summed E-state index contributed by atoms with van der Waals surface area (Å²) in [6.07, 6.45) is 4.46. The summed E-state index contributed by atoms with van der Waals surface area (Å²) < 4.78 is 0. The van der Waals surface area contributed by atoms with Crippen LogP contribution in [-0.2, 0) is 0 Å². The maximum Gasteiger partial charge on any atom is 2.00 e. The molecule has 0 rings (SSSR count). The number of hydrogen-bond donors (Lipinski definition) is 0. The molecule has 0 aromatic rings. The zero-order valence-corrected chi connectivity index (χ0v) is 12.3. The second-order valence-electron chi connectivity index (χ2n) is 4.12. The van der Waals surface area contributed by atoms with Gasteiger partial charge in [0.05, 0.1) is 0 Å². The molecule has 0 aliphatic rings. The van der Waals surface area contributed by atoms with Crippen LogP contribution >= 0.6 is 0 Å². The Morgan fingerprint density at radius 3 is 1.13 bits per heavy atom. The molecule has 2 unspecified atom stereocenters. The van der Waals surface area contributed by atoms with Crippen LogP contribution in [0, 0.1) is 11.8 Å². The Kier molecular flexibility index (Phi) is 24.0. The Morgan fingerprint density at radius 1 is 0.800 bits per heavy atom. The molecule has 0 aliphatic heterocycles. The minimum atomic E-state index is 0. The SMILES string of the molecule is CCCC(C)C[O-].CCCC(C)C[O-].[Mg+2]. The summed E-state index contributed by atoms with van der Waals surface area (Å²) in [6.45, 7) is 8.38. The summed E-state index contributed by atoms with van der Waals surface area (Å²) >= 11 is 0. The third-order valence-electron chi connectivity index (χ3n) is 2.13. The zero-order chi connectivity index (χ0) is 11.4. The molecule has 0 N–H and O–H groups in total. The monoisotopic (exact) mass is 226 g/mol. The smallest absolute Gasteiger partial charge is 0.854 e. The maximum atomic E-state index is 10.0. The van der Waals surface area contributed by atoms with Gasteiger partial charge in [-0.15, -0.1) is 13.2 Å². The van der Waals surface area contributed by atoms with E-state index in [1.807, 2.05) is 13.8 Å². The van der Waals surface area contributed by atoms with E-state index in [0.717, 1.165) is 25.7 Å². The summed E-state index contributed by atoms with van der Waals surface area (Å²) in [7, 11) is 0. The Bertz CT molecular complexity index is 87.6. The molecule has 0 aliphatic carbocycles. The van der Waals surface area contributed by atoms with Crippen molar-refractivity contribution in [3.8, 4) is 0 Å². The van der Waals surface area contributed by atoms with Crippen LogP contribution in [0.2, 0.25) is 0 Å². The molecule has 0 radical (unpaired) electrons. The van der Waals surface area contributed by atoms with Crippen molar-refractivity contribution in [3.63, 3.8) is 0 Å². The van der Waals surface area contributed by atoms with Gasteiger partial charge in [-0.05, 0) is 0 Å². The molecule has 0 fully saturated rings. The second-order valence-corrected chi connectivity index (χ2v) is 4.12. The molecule has 0 aromatic heterocycles. The molecule has 0 saturated heterocycles. The minimum Gasteiger partial charge on any atom is -0.854 e. The molecule has 3 heteroatoms. The zero-order valence-electron chi connectivity index (χ0n) is 10.9. The van der Waals surface area contributed by atoms with Crippen molar-refractivity contribution in [2.75, 3.05) is 13.2 Å². The third kappa shape index (κ3) is 20.7. The minimum absolute atomic E-state index is 0. The molecular formula is C12H26MgO2. The van der Waals surface area contributed by atoms with Crippen molar-refractivity contribution >= 4 is 23.1 Å². The van der Waals surface area contributed by atoms with Crippen molar-refractivity contribution in [3.05, 3.63) is 0 Å². The van der Waals surface area contributed by atoms with E-state index < -0.39 is 0 Å². The fourth-order valence-electron chi connectivity index (χ4n) is 1.15. The molecule has 0 bridgehead atoms. The number of hydrogen-bond acceptors (Lipinski definition) is 2. The Morgan fingerprint density at radius 2 is 1.07 bits per heavy atom. The topological polar surface area (TPSA) is 46.1 Å². The molecule has 0 heterocycles. The van der Waals surface area contributed by atoms with E-state index in [1.54, 1.807) is 0 Å². The molecule has 0 spiro atoms. The van der Waals surface area contributed by atoms with E-state index in [9.17, 15) is 10.2 Å². The van der Waals surface area contributed by atoms with E-state index in [2.05, 4.69) is 13.8 Å². The van der Waals surface area contributed by atoms with Gasteiger partial charge in [-0.1, -0.05) is 65.2 Å². The maximum absolute atomic E-state index is 10.0. The first-order chi connectivity index (χ1) is 6.62. The van der Waals surface area contributed by atoms with Crippen LogP contribution in [0.15, 0.2) is 0 Å². The fourth-order valence-corrected chi connectivity index (χ4v) is 1.15. The normalized spacial score (nSPS) is 13.2. The summed E-state index contributed by atoms with van der Waals surface area (Å²) in [4.78, 5) is 0. The fraction of sp³-hybridized carbons (Fsp3) is 1.00. The van der Waals surface area contributed by atoms with E-state index in [-0.39, 0.29) is 36.3 Å². The average Bonchev–Trinajstić information content (AvgIpc) is 2.19. The Hall–Kier alpha value is 0.686. The van der Waals surface area contributed by atoms with Gasteiger partial charge in [0.1, 0.15) is 0 Å². The first-order valence-corrected chi connectivity index (χ1v) is 5.78. The molecular weight excluding hydrogens is 200 g/mol. The van der Waals surface area contributed by atoms with Gasteiger partial charge in [-0.25, -0.2) is 0 Å². The van der Waals surface area contributed by atoms with Crippen LogP contribution in [0.4, 0.5) is 0 Å². The molecule has 0 aromatic carbocycles. The summed E-state index contributed by atoms with van der Waals surface area (Å²) in [5.74, 6) is 0.787. The van der Waals surface area contributed by atoms with Crippen LogP contribution in [0.25, 0.3) is 0 Å². The van der Waals surface area contributed by atoms with Gasteiger partial charge < -0.3 is 10.2 Å². The van der Waals surface area contributed by atoms with Crippen LogP contribution in [-0.4, -0.2) is 36.3 Å².